The molecule has 0 unspecified atom stereocenters. The molecule has 0 heterocycles. The highest BCUT2D eigenvalue weighted by atomic mass is 16.6. The molecule has 0 aromatic heterocycles. The van der Waals surface area contributed by atoms with Gasteiger partial charge in [0.2, 0.25) is 0 Å². The summed E-state index contributed by atoms with van der Waals surface area (Å²) in [5.41, 5.74) is 11.3. The number of carbonyl (C=O) groups excluding carboxylic acids is 2. The minimum absolute atomic E-state index is 0.300. The Labute approximate surface area is 309 Å². The molecule has 8 rings (SSSR count). The Bertz CT molecular complexity index is 2330. The molecular weight excluding hydrogens is 649 g/mol. The maximum absolute atomic E-state index is 14.5. The van der Waals surface area contributed by atoms with Gasteiger partial charge in [-0.2, -0.15) is 0 Å². The molecule has 53 heavy (non-hydrogen) atoms. The lowest BCUT2D eigenvalue weighted by molar-refractivity contribution is 0.0399. The smallest absolute Gasteiger partial charge is 0.346 e. The van der Waals surface area contributed by atoms with Gasteiger partial charge in [-0.15, -0.1) is 0 Å². The van der Waals surface area contributed by atoms with Crippen molar-refractivity contribution in [3.05, 3.63) is 217 Å². The Morgan fingerprint density at radius 2 is 0.509 bits per heavy atom. The van der Waals surface area contributed by atoms with E-state index in [-0.39, 0.29) is 0 Å². The number of benzene rings is 8. The highest BCUT2D eigenvalue weighted by Crippen LogP contribution is 2.44. The van der Waals surface area contributed by atoms with E-state index in [1.165, 1.54) is 0 Å². The van der Waals surface area contributed by atoms with E-state index in [0.717, 1.165) is 55.6 Å². The Hall–Kier alpha value is -7.10. The summed E-state index contributed by atoms with van der Waals surface area (Å²) < 4.78 is 5.94. The third-order valence-electron chi connectivity index (χ3n) is 9.46. The van der Waals surface area contributed by atoms with Gasteiger partial charge in [-0.25, -0.2) is 9.59 Å². The molecule has 0 N–H and O–H groups in total. The average Bonchev–Trinajstić information content (AvgIpc) is 3.24. The Kier molecular flexibility index (Phi) is 9.37. The Morgan fingerprint density at radius 1 is 0.264 bits per heavy atom. The molecular formula is C50H34O3. The van der Waals surface area contributed by atoms with Gasteiger partial charge >= 0.3 is 11.9 Å². The van der Waals surface area contributed by atoms with Crippen LogP contribution in [-0.4, -0.2) is 11.9 Å². The fraction of sp³-hybridized carbons (Fsp3) is 0. The first-order valence-electron chi connectivity index (χ1n) is 17.6. The summed E-state index contributed by atoms with van der Waals surface area (Å²) in [6.45, 7) is 0. The SMILES string of the molecule is O=C(OC(=O)c1ccc(-c2ccccc2)c(-c2ccccc2)c1-c1ccccc1)c1ccc(-c2ccccc2)c(-c2ccccc2)c1-c1ccccc1. The molecule has 3 nitrogen and oxygen atoms in total. The number of rotatable bonds is 8. The lowest BCUT2D eigenvalue weighted by Crippen LogP contribution is -2.16. The van der Waals surface area contributed by atoms with Crippen molar-refractivity contribution >= 4 is 11.9 Å². The molecule has 0 spiro atoms. The van der Waals surface area contributed by atoms with Crippen LogP contribution in [0.25, 0.3) is 66.8 Å². The first-order valence-corrected chi connectivity index (χ1v) is 17.6. The summed E-state index contributed by atoms with van der Waals surface area (Å²) >= 11 is 0. The van der Waals surface area contributed by atoms with Crippen LogP contribution in [0, 0.1) is 0 Å². The van der Waals surface area contributed by atoms with Crippen molar-refractivity contribution < 1.29 is 14.3 Å². The molecule has 8 aromatic carbocycles. The molecule has 8 aromatic rings. The van der Waals surface area contributed by atoms with Crippen molar-refractivity contribution in [2.75, 3.05) is 0 Å². The van der Waals surface area contributed by atoms with Crippen LogP contribution in [0.5, 0.6) is 0 Å². The predicted molar refractivity (Wildman–Crippen MR) is 215 cm³/mol. The minimum Gasteiger partial charge on any atom is -0.386 e. The third kappa shape index (κ3) is 6.72. The summed E-state index contributed by atoms with van der Waals surface area (Å²) in [4.78, 5) is 29.0. The maximum Gasteiger partial charge on any atom is 0.346 e. The van der Waals surface area contributed by atoms with Gasteiger partial charge < -0.3 is 4.74 Å². The summed E-state index contributed by atoms with van der Waals surface area (Å²) in [6, 6.07) is 67.4. The summed E-state index contributed by atoms with van der Waals surface area (Å²) in [6.07, 6.45) is 0. The third-order valence-corrected chi connectivity index (χ3v) is 9.46. The largest absolute Gasteiger partial charge is 0.386 e. The molecule has 0 amide bonds. The molecule has 0 aliphatic rings. The predicted octanol–water partition coefficient (Wildman–Crippen LogP) is 12.7. The zero-order valence-electron chi connectivity index (χ0n) is 28.9. The number of ether oxygens (including phenoxy) is 1. The Balaban J connectivity index is 1.30. The number of carbonyl (C=O) groups is 2. The van der Waals surface area contributed by atoms with E-state index in [4.69, 9.17) is 4.74 Å². The van der Waals surface area contributed by atoms with E-state index < -0.39 is 11.9 Å². The van der Waals surface area contributed by atoms with Crippen molar-refractivity contribution in [1.29, 1.82) is 0 Å². The fourth-order valence-electron chi connectivity index (χ4n) is 7.07. The Morgan fingerprint density at radius 3 is 0.792 bits per heavy atom. The van der Waals surface area contributed by atoms with Crippen LogP contribution in [0.15, 0.2) is 206 Å². The lowest BCUT2D eigenvalue weighted by atomic mass is 9.84. The van der Waals surface area contributed by atoms with Gasteiger partial charge in [0.1, 0.15) is 0 Å². The van der Waals surface area contributed by atoms with E-state index in [2.05, 4.69) is 24.3 Å². The van der Waals surface area contributed by atoms with Crippen LogP contribution in [0.2, 0.25) is 0 Å². The second-order valence-corrected chi connectivity index (χ2v) is 12.7. The molecule has 0 aliphatic heterocycles. The molecule has 3 heteroatoms. The average molecular weight is 683 g/mol. The van der Waals surface area contributed by atoms with Crippen molar-refractivity contribution in [2.45, 2.75) is 0 Å². The van der Waals surface area contributed by atoms with Crippen LogP contribution >= 0.6 is 0 Å². The standard InChI is InChI=1S/C50H34O3/c51-49(43-33-31-41(35-19-7-1-8-20-35)45(37-23-11-3-12-24-37)47(43)39-27-15-5-16-28-39)53-50(52)44-34-32-42(36-21-9-2-10-22-36)46(38-25-13-4-14-26-38)48(44)40-29-17-6-18-30-40/h1-34H. The molecule has 0 aliphatic carbocycles. The lowest BCUT2D eigenvalue weighted by Gasteiger charge is -2.21. The molecule has 252 valence electrons. The van der Waals surface area contributed by atoms with Gasteiger partial charge in [0.05, 0.1) is 11.1 Å². The molecule has 0 saturated carbocycles. The normalized spacial score (nSPS) is 10.8. The van der Waals surface area contributed by atoms with Gasteiger partial charge in [0.25, 0.3) is 0 Å². The van der Waals surface area contributed by atoms with Gasteiger partial charge in [-0.1, -0.05) is 194 Å². The quantitative estimate of drug-likeness (QED) is 0.118. The first kappa shape index (κ1) is 33.1. The van der Waals surface area contributed by atoms with Crippen molar-refractivity contribution in [2.24, 2.45) is 0 Å². The van der Waals surface area contributed by atoms with Crippen molar-refractivity contribution in [3.63, 3.8) is 0 Å². The first-order chi connectivity index (χ1) is 26.2. The van der Waals surface area contributed by atoms with E-state index >= 15 is 0 Å². The van der Waals surface area contributed by atoms with Crippen LogP contribution in [0.3, 0.4) is 0 Å². The summed E-state index contributed by atoms with van der Waals surface area (Å²) in [5, 5.41) is 0. The van der Waals surface area contributed by atoms with Crippen LogP contribution < -0.4 is 0 Å². The minimum atomic E-state index is -0.724. The molecule has 0 atom stereocenters. The summed E-state index contributed by atoms with van der Waals surface area (Å²) in [5.74, 6) is -1.45. The zero-order valence-corrected chi connectivity index (χ0v) is 28.9. The second-order valence-electron chi connectivity index (χ2n) is 12.7. The highest BCUT2D eigenvalue weighted by molar-refractivity contribution is 6.13. The van der Waals surface area contributed by atoms with E-state index in [0.29, 0.717) is 22.3 Å². The van der Waals surface area contributed by atoms with Crippen LogP contribution in [-0.2, 0) is 4.74 Å². The zero-order chi connectivity index (χ0) is 36.0. The number of hydrogen-bond acceptors (Lipinski definition) is 3. The molecule has 0 saturated heterocycles. The van der Waals surface area contributed by atoms with Crippen LogP contribution in [0.4, 0.5) is 0 Å². The molecule has 0 bridgehead atoms. The van der Waals surface area contributed by atoms with Crippen molar-refractivity contribution in [3.8, 4) is 66.8 Å². The fourth-order valence-corrected chi connectivity index (χ4v) is 7.07. The second kappa shape index (κ2) is 15.0. The summed E-state index contributed by atoms with van der Waals surface area (Å²) in [7, 11) is 0. The molecule has 0 fully saturated rings. The van der Waals surface area contributed by atoms with Crippen LogP contribution in [0.1, 0.15) is 20.7 Å². The topological polar surface area (TPSA) is 43.4 Å². The number of hydrogen-bond donors (Lipinski definition) is 0. The van der Waals surface area contributed by atoms with Gasteiger partial charge in [-0.05, 0) is 67.8 Å². The van der Waals surface area contributed by atoms with E-state index in [1.54, 1.807) is 12.1 Å². The van der Waals surface area contributed by atoms with E-state index in [9.17, 15) is 9.59 Å². The molecule has 0 radical (unpaired) electrons. The number of esters is 2. The van der Waals surface area contributed by atoms with E-state index in [1.807, 2.05) is 170 Å². The van der Waals surface area contributed by atoms with Crippen molar-refractivity contribution in [1.82, 2.24) is 0 Å². The monoisotopic (exact) mass is 682 g/mol. The van der Waals surface area contributed by atoms with Gasteiger partial charge in [0, 0.05) is 11.1 Å². The van der Waals surface area contributed by atoms with Gasteiger partial charge in [-0.3, -0.25) is 0 Å². The van der Waals surface area contributed by atoms with Gasteiger partial charge in [0.15, 0.2) is 0 Å². The maximum atomic E-state index is 14.5. The highest BCUT2D eigenvalue weighted by Gasteiger charge is 2.27.